The number of benzene rings is 1. The van der Waals surface area contributed by atoms with Gasteiger partial charge in [-0.2, -0.15) is 5.26 Å². The highest BCUT2D eigenvalue weighted by atomic mass is 16.5. The molecule has 0 saturated heterocycles. The summed E-state index contributed by atoms with van der Waals surface area (Å²) < 4.78 is 5.81. The van der Waals surface area contributed by atoms with Gasteiger partial charge in [0.2, 0.25) is 0 Å². The van der Waals surface area contributed by atoms with E-state index in [-0.39, 0.29) is 0 Å². The first kappa shape index (κ1) is 15.5. The molecule has 0 fully saturated rings. The molecule has 1 aromatic rings. The maximum Gasteiger partial charge on any atom is 0.122 e. The van der Waals surface area contributed by atoms with E-state index in [4.69, 9.17) is 10.00 Å². The van der Waals surface area contributed by atoms with Crippen molar-refractivity contribution in [3.8, 4) is 11.8 Å². The number of nitrogens with one attached hydrogen (secondary N) is 1. The Hall–Kier alpha value is -1.53. The topological polar surface area (TPSA) is 45.0 Å². The van der Waals surface area contributed by atoms with Gasteiger partial charge in [-0.3, -0.25) is 5.32 Å². The molecule has 1 rings (SSSR count). The lowest BCUT2D eigenvalue weighted by molar-refractivity contribution is 0.284. The fraction of sp³-hybridized carbons (Fsp3) is 0.562. The van der Waals surface area contributed by atoms with Crippen LogP contribution in [0.4, 0.5) is 0 Å². The number of rotatable bonds is 8. The number of nitriles is 1. The third kappa shape index (κ3) is 4.92. The van der Waals surface area contributed by atoms with Gasteiger partial charge in [0, 0.05) is 0 Å². The molecule has 0 aliphatic heterocycles. The molecule has 0 spiro atoms. The van der Waals surface area contributed by atoms with Gasteiger partial charge in [0.15, 0.2) is 0 Å². The van der Waals surface area contributed by atoms with Crippen LogP contribution in [-0.4, -0.2) is 18.7 Å². The van der Waals surface area contributed by atoms with E-state index >= 15 is 0 Å². The first-order chi connectivity index (χ1) is 9.15. The molecule has 0 aliphatic rings. The molecule has 104 valence electrons. The van der Waals surface area contributed by atoms with Crippen LogP contribution in [0, 0.1) is 11.3 Å². The minimum Gasteiger partial charge on any atom is -0.493 e. The second-order valence-corrected chi connectivity index (χ2v) is 4.89. The molecule has 19 heavy (non-hydrogen) atoms. The Morgan fingerprint density at radius 3 is 2.68 bits per heavy atom. The van der Waals surface area contributed by atoms with Crippen LogP contribution in [0.15, 0.2) is 24.3 Å². The van der Waals surface area contributed by atoms with E-state index in [1.54, 1.807) is 0 Å². The van der Waals surface area contributed by atoms with Gasteiger partial charge < -0.3 is 4.74 Å². The highest BCUT2D eigenvalue weighted by Gasteiger charge is 2.21. The van der Waals surface area contributed by atoms with Crippen LogP contribution in [0.25, 0.3) is 0 Å². The third-order valence-electron chi connectivity index (χ3n) is 3.25. The monoisotopic (exact) mass is 260 g/mol. The predicted octanol–water partition coefficient (Wildman–Crippen LogP) is 3.30. The highest BCUT2D eigenvalue weighted by Crippen LogP contribution is 2.19. The minimum absolute atomic E-state index is 0.442. The zero-order valence-corrected chi connectivity index (χ0v) is 12.2. The Labute approximate surface area is 116 Å². The van der Waals surface area contributed by atoms with Crippen molar-refractivity contribution in [2.45, 2.75) is 45.6 Å². The fourth-order valence-electron chi connectivity index (χ4n) is 2.12. The van der Waals surface area contributed by atoms with Crippen molar-refractivity contribution in [3.05, 3.63) is 29.8 Å². The van der Waals surface area contributed by atoms with Gasteiger partial charge in [0.05, 0.1) is 12.7 Å². The van der Waals surface area contributed by atoms with Crippen molar-refractivity contribution in [2.24, 2.45) is 0 Å². The van der Waals surface area contributed by atoms with Gasteiger partial charge in [-0.1, -0.05) is 32.0 Å². The normalized spacial score (nSPS) is 13.6. The molecule has 0 bridgehead atoms. The van der Waals surface area contributed by atoms with Gasteiger partial charge >= 0.3 is 0 Å². The molecule has 1 atom stereocenters. The second kappa shape index (κ2) is 7.81. The summed E-state index contributed by atoms with van der Waals surface area (Å²) in [6.07, 6.45) is 2.64. The van der Waals surface area contributed by atoms with E-state index in [9.17, 15) is 0 Å². The summed E-state index contributed by atoms with van der Waals surface area (Å²) >= 11 is 0. The Kier molecular flexibility index (Phi) is 6.38. The number of ether oxygens (including phenoxy) is 1. The Morgan fingerprint density at radius 2 is 2.05 bits per heavy atom. The van der Waals surface area contributed by atoms with Crippen LogP contribution in [-0.2, 0) is 6.42 Å². The van der Waals surface area contributed by atoms with Gasteiger partial charge in [-0.25, -0.2) is 0 Å². The summed E-state index contributed by atoms with van der Waals surface area (Å²) in [6, 6.07) is 10.5. The average molecular weight is 260 g/mol. The standard InChI is InChI=1S/C16H24N2O/c1-4-14-9-6-7-10-15(14)19-12-8-11-16(3,13-17)18-5-2/h6-7,9-10,18H,4-5,8,11-12H2,1-3H3. The molecule has 3 heteroatoms. The smallest absolute Gasteiger partial charge is 0.122 e. The molecule has 0 amide bonds. The van der Waals surface area contributed by atoms with Gasteiger partial charge in [0.1, 0.15) is 11.3 Å². The van der Waals surface area contributed by atoms with Crippen molar-refractivity contribution in [1.82, 2.24) is 5.32 Å². The van der Waals surface area contributed by atoms with Gasteiger partial charge in [-0.05, 0) is 44.4 Å². The van der Waals surface area contributed by atoms with Crippen LogP contribution in [0.1, 0.15) is 39.2 Å². The molecule has 0 heterocycles. The van der Waals surface area contributed by atoms with Crippen molar-refractivity contribution in [3.63, 3.8) is 0 Å². The van der Waals surface area contributed by atoms with E-state index in [1.807, 2.05) is 32.0 Å². The van der Waals surface area contributed by atoms with Crippen molar-refractivity contribution in [2.75, 3.05) is 13.2 Å². The largest absolute Gasteiger partial charge is 0.493 e. The van der Waals surface area contributed by atoms with Crippen LogP contribution in [0.3, 0.4) is 0 Å². The number of para-hydroxylation sites is 1. The molecule has 0 radical (unpaired) electrons. The maximum atomic E-state index is 9.16. The predicted molar refractivity (Wildman–Crippen MR) is 78.2 cm³/mol. The zero-order chi connectivity index (χ0) is 14.1. The van der Waals surface area contributed by atoms with E-state index in [0.717, 1.165) is 31.6 Å². The number of nitrogens with zero attached hydrogens (tertiary/aromatic N) is 1. The lowest BCUT2D eigenvalue weighted by Gasteiger charge is -2.22. The molecule has 1 N–H and O–H groups in total. The summed E-state index contributed by atoms with van der Waals surface area (Å²) in [7, 11) is 0. The Balaban J connectivity index is 2.41. The Bertz CT molecular complexity index is 425. The van der Waals surface area contributed by atoms with Crippen molar-refractivity contribution < 1.29 is 4.74 Å². The van der Waals surface area contributed by atoms with Crippen LogP contribution in [0.5, 0.6) is 5.75 Å². The number of aryl methyl sites for hydroxylation is 1. The van der Waals surface area contributed by atoms with Gasteiger partial charge in [-0.15, -0.1) is 0 Å². The average Bonchev–Trinajstić information content (AvgIpc) is 2.44. The third-order valence-corrected chi connectivity index (χ3v) is 3.25. The van der Waals surface area contributed by atoms with Gasteiger partial charge in [0.25, 0.3) is 0 Å². The summed E-state index contributed by atoms with van der Waals surface area (Å²) in [5, 5.41) is 12.4. The quantitative estimate of drug-likeness (QED) is 0.729. The van der Waals surface area contributed by atoms with E-state index in [0.29, 0.717) is 6.61 Å². The number of hydrogen-bond donors (Lipinski definition) is 1. The fourth-order valence-corrected chi connectivity index (χ4v) is 2.12. The molecule has 0 aliphatic carbocycles. The molecule has 1 unspecified atom stereocenters. The first-order valence-corrected chi connectivity index (χ1v) is 7.02. The summed E-state index contributed by atoms with van der Waals surface area (Å²) in [5.41, 5.74) is 0.791. The zero-order valence-electron chi connectivity index (χ0n) is 12.2. The SMILES string of the molecule is CCNC(C)(C#N)CCCOc1ccccc1CC. The first-order valence-electron chi connectivity index (χ1n) is 7.02. The molecule has 3 nitrogen and oxygen atoms in total. The number of hydrogen-bond acceptors (Lipinski definition) is 3. The van der Waals surface area contributed by atoms with Crippen LogP contribution < -0.4 is 10.1 Å². The van der Waals surface area contributed by atoms with E-state index in [1.165, 1.54) is 5.56 Å². The van der Waals surface area contributed by atoms with Crippen molar-refractivity contribution >= 4 is 0 Å². The van der Waals surface area contributed by atoms with E-state index in [2.05, 4.69) is 24.4 Å². The molecular formula is C16H24N2O. The van der Waals surface area contributed by atoms with Crippen LogP contribution in [0.2, 0.25) is 0 Å². The lowest BCUT2D eigenvalue weighted by atomic mass is 9.98. The summed E-state index contributed by atoms with van der Waals surface area (Å²) in [4.78, 5) is 0. The molecule has 1 aromatic carbocycles. The molecule has 0 saturated carbocycles. The second-order valence-electron chi connectivity index (χ2n) is 4.89. The highest BCUT2D eigenvalue weighted by molar-refractivity contribution is 5.33. The summed E-state index contributed by atoms with van der Waals surface area (Å²) in [5.74, 6) is 0.965. The van der Waals surface area contributed by atoms with Crippen LogP contribution >= 0.6 is 0 Å². The molecule has 0 aromatic heterocycles. The minimum atomic E-state index is -0.442. The van der Waals surface area contributed by atoms with Crippen molar-refractivity contribution in [1.29, 1.82) is 5.26 Å². The van der Waals surface area contributed by atoms with E-state index < -0.39 is 5.54 Å². The Morgan fingerprint density at radius 1 is 1.32 bits per heavy atom. The molecular weight excluding hydrogens is 236 g/mol. The summed E-state index contributed by atoms with van der Waals surface area (Å²) in [6.45, 7) is 7.55. The lowest BCUT2D eigenvalue weighted by Crippen LogP contribution is -2.40. The maximum absolute atomic E-state index is 9.16.